The van der Waals surface area contributed by atoms with Crippen molar-refractivity contribution in [3.05, 3.63) is 35.9 Å². The summed E-state index contributed by atoms with van der Waals surface area (Å²) in [6.45, 7) is -3.12. The lowest BCUT2D eigenvalue weighted by atomic mass is 10.2. The Hall–Kier alpha value is -0.940. The van der Waals surface area contributed by atoms with Gasteiger partial charge in [0.2, 0.25) is 6.57 Å². The molecule has 0 radical (unpaired) electrons. The first-order valence-electron chi connectivity index (χ1n) is 4.08. The van der Waals surface area contributed by atoms with Gasteiger partial charge < -0.3 is 9.63 Å². The Morgan fingerprint density at radius 1 is 1.53 bits per heavy atom. The minimum atomic E-state index is -3.23. The summed E-state index contributed by atoms with van der Waals surface area (Å²) in [5.41, 5.74) is 5.92. The van der Waals surface area contributed by atoms with E-state index in [1.165, 1.54) is 0 Å². The highest BCUT2D eigenvalue weighted by molar-refractivity contribution is 8.09. The molecule has 1 atom stereocenters. The highest BCUT2D eigenvalue weighted by atomic mass is 32.4. The number of ether oxygens (including phenoxy) is 1. The number of carbonyl (C=O) groups excluding carboxylic acids is 1. The minimum absolute atomic E-state index is 0.113. The van der Waals surface area contributed by atoms with E-state index in [9.17, 15) is 4.79 Å². The molecule has 0 aliphatic carbocycles. The zero-order valence-electron chi connectivity index (χ0n) is 7.79. The van der Waals surface area contributed by atoms with E-state index in [-0.39, 0.29) is 6.61 Å². The van der Waals surface area contributed by atoms with Crippen LogP contribution in [0.25, 0.3) is 0 Å². The van der Waals surface area contributed by atoms with Crippen LogP contribution < -0.4 is 10.6 Å². The second kappa shape index (κ2) is 5.23. The van der Waals surface area contributed by atoms with Gasteiger partial charge in [0.1, 0.15) is 6.61 Å². The standard InChI is InChI=1S/C8H11N2O3PS/c9-14(12,15)10-8(11)13-6-7-4-2-1-3-5-7/h1-5H,6H2,(H4,9,10,11,12,15). The average Bonchev–Trinajstić information content (AvgIpc) is 2.14. The van der Waals surface area contributed by atoms with Crippen LogP contribution in [0.3, 0.4) is 0 Å². The van der Waals surface area contributed by atoms with Gasteiger partial charge in [-0.15, -0.1) is 0 Å². The number of hydrogen-bond acceptors (Lipinski definition) is 3. The summed E-state index contributed by atoms with van der Waals surface area (Å²) in [6.07, 6.45) is -0.813. The fourth-order valence-corrected chi connectivity index (χ4v) is 1.44. The number of rotatable bonds is 3. The third-order valence-electron chi connectivity index (χ3n) is 1.46. The van der Waals surface area contributed by atoms with E-state index in [0.29, 0.717) is 0 Å². The van der Waals surface area contributed by atoms with Crippen molar-refractivity contribution in [1.29, 1.82) is 0 Å². The van der Waals surface area contributed by atoms with Crippen LogP contribution in [-0.4, -0.2) is 11.0 Å². The predicted molar refractivity (Wildman–Crippen MR) is 60.5 cm³/mol. The van der Waals surface area contributed by atoms with Crippen LogP contribution >= 0.6 is 6.57 Å². The van der Waals surface area contributed by atoms with Gasteiger partial charge in [-0.2, -0.15) is 0 Å². The van der Waals surface area contributed by atoms with Crippen LogP contribution in [-0.2, 0) is 23.2 Å². The molecule has 7 heteroatoms. The van der Waals surface area contributed by atoms with Crippen LogP contribution in [0.1, 0.15) is 5.56 Å². The molecule has 1 unspecified atom stereocenters. The summed E-state index contributed by atoms with van der Waals surface area (Å²) in [4.78, 5) is 20.0. The number of amides is 1. The Bertz CT molecular complexity index is 379. The molecule has 15 heavy (non-hydrogen) atoms. The minimum Gasteiger partial charge on any atom is -0.444 e. The zero-order chi connectivity index (χ0) is 11.3. The Morgan fingerprint density at radius 3 is 2.67 bits per heavy atom. The average molecular weight is 246 g/mol. The molecule has 0 aliphatic heterocycles. The van der Waals surface area contributed by atoms with Crippen LogP contribution in [0, 0.1) is 0 Å². The molecule has 1 aromatic rings. The van der Waals surface area contributed by atoms with E-state index in [1.807, 2.05) is 35.4 Å². The van der Waals surface area contributed by atoms with E-state index in [1.54, 1.807) is 0 Å². The largest absolute Gasteiger partial charge is 0.444 e. The number of benzene rings is 1. The van der Waals surface area contributed by atoms with Crippen molar-refractivity contribution in [2.75, 3.05) is 0 Å². The summed E-state index contributed by atoms with van der Waals surface area (Å²) in [7, 11) is 0. The lowest BCUT2D eigenvalue weighted by Gasteiger charge is -2.10. The molecule has 0 fully saturated rings. The maximum atomic E-state index is 11.0. The van der Waals surface area contributed by atoms with Gasteiger partial charge in [-0.3, -0.25) is 10.6 Å². The fourth-order valence-electron chi connectivity index (χ4n) is 0.886. The van der Waals surface area contributed by atoms with Crippen LogP contribution in [0.15, 0.2) is 30.3 Å². The van der Waals surface area contributed by atoms with Gasteiger partial charge in [-0.25, -0.2) is 4.79 Å². The first-order chi connectivity index (χ1) is 6.97. The molecule has 82 valence electrons. The van der Waals surface area contributed by atoms with E-state index < -0.39 is 12.7 Å². The van der Waals surface area contributed by atoms with Crippen molar-refractivity contribution in [3.8, 4) is 0 Å². The van der Waals surface area contributed by atoms with Gasteiger partial charge in [-0.05, 0) is 17.4 Å². The first-order valence-corrected chi connectivity index (χ1v) is 6.90. The van der Waals surface area contributed by atoms with Gasteiger partial charge in [0.05, 0.1) is 0 Å². The zero-order valence-corrected chi connectivity index (χ0v) is 9.50. The SMILES string of the molecule is NP(O)(=S)NC(=O)OCc1ccccc1. The lowest BCUT2D eigenvalue weighted by Crippen LogP contribution is -2.24. The molecule has 0 saturated heterocycles. The van der Waals surface area contributed by atoms with Gasteiger partial charge in [0, 0.05) is 0 Å². The van der Waals surface area contributed by atoms with Gasteiger partial charge in [-0.1, -0.05) is 30.3 Å². The molecule has 1 aromatic carbocycles. The quantitative estimate of drug-likeness (QED) is 0.695. The molecular weight excluding hydrogens is 235 g/mol. The molecule has 0 saturated carbocycles. The number of nitrogens with one attached hydrogen (secondary N) is 1. The van der Waals surface area contributed by atoms with Gasteiger partial charge in [0.25, 0.3) is 0 Å². The molecule has 1 rings (SSSR count). The Morgan fingerprint density at radius 2 is 2.13 bits per heavy atom. The number of hydrogen-bond donors (Lipinski definition) is 3. The second-order valence-electron chi connectivity index (χ2n) is 2.80. The summed E-state index contributed by atoms with van der Waals surface area (Å²) < 4.78 is 4.78. The van der Waals surface area contributed by atoms with E-state index in [4.69, 9.17) is 15.1 Å². The van der Waals surface area contributed by atoms with E-state index in [0.717, 1.165) is 5.56 Å². The maximum Gasteiger partial charge on any atom is 0.413 e. The molecule has 0 bridgehead atoms. The highest BCUT2D eigenvalue weighted by Gasteiger charge is 2.11. The van der Waals surface area contributed by atoms with Crippen LogP contribution in [0.5, 0.6) is 0 Å². The first kappa shape index (κ1) is 12.1. The molecular formula is C8H11N2O3PS. The summed E-state index contributed by atoms with van der Waals surface area (Å²) in [5.74, 6) is 0. The van der Waals surface area contributed by atoms with E-state index in [2.05, 4.69) is 11.8 Å². The van der Waals surface area contributed by atoms with Gasteiger partial charge >= 0.3 is 6.09 Å². The van der Waals surface area contributed by atoms with E-state index >= 15 is 0 Å². The smallest absolute Gasteiger partial charge is 0.413 e. The molecule has 0 spiro atoms. The lowest BCUT2D eigenvalue weighted by molar-refractivity contribution is 0.145. The van der Waals surface area contributed by atoms with Crippen molar-refractivity contribution in [3.63, 3.8) is 0 Å². The third-order valence-corrected chi connectivity index (χ3v) is 2.24. The Kier molecular flexibility index (Phi) is 4.23. The summed E-state index contributed by atoms with van der Waals surface area (Å²) >= 11 is 4.42. The monoisotopic (exact) mass is 246 g/mol. The van der Waals surface area contributed by atoms with Crippen molar-refractivity contribution >= 4 is 24.5 Å². The molecule has 0 aromatic heterocycles. The Balaban J connectivity index is 2.39. The molecule has 0 aliphatic rings. The number of carbonyl (C=O) groups is 1. The molecule has 4 N–H and O–H groups in total. The van der Waals surface area contributed by atoms with Crippen molar-refractivity contribution in [1.82, 2.24) is 5.09 Å². The number of nitrogens with two attached hydrogens (primary N) is 1. The molecule has 0 heterocycles. The highest BCUT2D eigenvalue weighted by Crippen LogP contribution is 2.23. The Labute approximate surface area is 92.4 Å². The molecule has 1 amide bonds. The second-order valence-corrected chi connectivity index (χ2v) is 5.94. The van der Waals surface area contributed by atoms with Crippen molar-refractivity contribution in [2.24, 2.45) is 5.50 Å². The fraction of sp³-hybridized carbons (Fsp3) is 0.125. The topological polar surface area (TPSA) is 84.6 Å². The summed E-state index contributed by atoms with van der Waals surface area (Å²) in [5, 5.41) is 1.99. The van der Waals surface area contributed by atoms with Gasteiger partial charge in [0.15, 0.2) is 0 Å². The predicted octanol–water partition coefficient (Wildman–Crippen LogP) is 1.09. The third kappa shape index (κ3) is 5.49. The van der Waals surface area contributed by atoms with Crippen LogP contribution in [0.4, 0.5) is 4.79 Å². The van der Waals surface area contributed by atoms with Crippen molar-refractivity contribution in [2.45, 2.75) is 6.61 Å². The summed E-state index contributed by atoms with van der Waals surface area (Å²) in [6, 6.07) is 9.14. The van der Waals surface area contributed by atoms with Crippen molar-refractivity contribution < 1.29 is 14.4 Å². The maximum absolute atomic E-state index is 11.0. The normalized spacial score (nSPS) is 14.0. The molecule has 5 nitrogen and oxygen atoms in total. The van der Waals surface area contributed by atoms with Crippen LogP contribution in [0.2, 0.25) is 0 Å².